The number of anilines is 1. The van der Waals surface area contributed by atoms with E-state index >= 15 is 0 Å². The molecular formula is C18H20N4O3. The molecule has 7 nitrogen and oxygen atoms in total. The highest BCUT2D eigenvalue weighted by Gasteiger charge is 2.34. The Morgan fingerprint density at radius 2 is 2.08 bits per heavy atom. The topological polar surface area (TPSA) is 95.2 Å². The van der Waals surface area contributed by atoms with Gasteiger partial charge in [0.25, 0.3) is 0 Å². The van der Waals surface area contributed by atoms with Crippen molar-refractivity contribution in [2.45, 2.75) is 19.8 Å². The molecule has 0 unspecified atom stereocenters. The van der Waals surface area contributed by atoms with Crippen LogP contribution in [0.4, 0.5) is 5.82 Å². The summed E-state index contributed by atoms with van der Waals surface area (Å²) in [7, 11) is 0. The first kappa shape index (κ1) is 16.9. The summed E-state index contributed by atoms with van der Waals surface area (Å²) in [6.07, 6.45) is 0.943. The normalized spacial score (nSPS) is 16.9. The zero-order valence-corrected chi connectivity index (χ0v) is 14.0. The minimum atomic E-state index is -0.512. The maximum Gasteiger partial charge on any atom is 0.347 e. The number of nitrogens with zero attached hydrogens (tertiary/aromatic N) is 2. The second kappa shape index (κ2) is 7.29. The van der Waals surface area contributed by atoms with Crippen LogP contribution in [0, 0.1) is 12.8 Å². The van der Waals surface area contributed by atoms with Crippen LogP contribution in [0.25, 0.3) is 0 Å². The van der Waals surface area contributed by atoms with Crippen LogP contribution >= 0.6 is 0 Å². The average Bonchev–Trinajstić information content (AvgIpc) is 2.94. The molecule has 1 atom stereocenters. The van der Waals surface area contributed by atoms with Crippen LogP contribution < -0.4 is 11.0 Å². The fraction of sp³-hybridized carbons (Fsp3) is 0.333. The Bertz CT molecular complexity index is 832. The van der Waals surface area contributed by atoms with Crippen LogP contribution in [0.1, 0.15) is 17.7 Å². The lowest BCUT2D eigenvalue weighted by Gasteiger charge is -2.16. The maximum absolute atomic E-state index is 12.4. The summed E-state index contributed by atoms with van der Waals surface area (Å²) < 4.78 is 0. The lowest BCUT2D eigenvalue weighted by atomic mass is 10.1. The highest BCUT2D eigenvalue weighted by molar-refractivity contribution is 5.96. The minimum absolute atomic E-state index is 0.0221. The summed E-state index contributed by atoms with van der Waals surface area (Å²) in [4.78, 5) is 43.8. The molecule has 2 N–H and O–H groups in total. The number of H-pyrrole nitrogens is 1. The van der Waals surface area contributed by atoms with E-state index in [-0.39, 0.29) is 24.1 Å². The Kier molecular flexibility index (Phi) is 4.92. The van der Waals surface area contributed by atoms with Gasteiger partial charge in [0.1, 0.15) is 5.82 Å². The number of amides is 2. The summed E-state index contributed by atoms with van der Waals surface area (Å²) in [5.74, 6) is -0.523. The lowest BCUT2D eigenvalue weighted by molar-refractivity contribution is -0.128. The van der Waals surface area contributed by atoms with Gasteiger partial charge >= 0.3 is 5.69 Å². The van der Waals surface area contributed by atoms with E-state index in [1.165, 1.54) is 0 Å². The summed E-state index contributed by atoms with van der Waals surface area (Å²) in [5, 5.41) is 2.63. The minimum Gasteiger partial charge on any atom is -0.342 e. The molecule has 25 heavy (non-hydrogen) atoms. The molecule has 2 heterocycles. The molecule has 1 aromatic carbocycles. The fourth-order valence-electron chi connectivity index (χ4n) is 2.94. The first-order valence-corrected chi connectivity index (χ1v) is 8.22. The van der Waals surface area contributed by atoms with Crippen molar-refractivity contribution in [2.75, 3.05) is 18.4 Å². The van der Waals surface area contributed by atoms with Crippen molar-refractivity contribution in [3.8, 4) is 0 Å². The van der Waals surface area contributed by atoms with Crippen molar-refractivity contribution in [1.29, 1.82) is 0 Å². The third-order valence-corrected chi connectivity index (χ3v) is 4.23. The largest absolute Gasteiger partial charge is 0.347 e. The highest BCUT2D eigenvalue weighted by Crippen LogP contribution is 2.20. The van der Waals surface area contributed by atoms with E-state index < -0.39 is 11.6 Å². The number of aryl methyl sites for hydroxylation is 1. The van der Waals surface area contributed by atoms with Crippen molar-refractivity contribution in [3.05, 3.63) is 58.1 Å². The standard InChI is InChI=1S/C18H20N4O3/c1-12-9-15(21-18(25)19-12)20-17(24)14-10-16(23)22(11-14)8-7-13-5-3-2-4-6-13/h2-6,9,14H,7-8,10-11H2,1H3,(H2,19,20,21,24,25)/t14-/m1/s1. The van der Waals surface area contributed by atoms with Gasteiger partial charge in [-0.25, -0.2) is 4.79 Å². The summed E-state index contributed by atoms with van der Waals surface area (Å²) in [6, 6.07) is 11.5. The van der Waals surface area contributed by atoms with Crippen LogP contribution in [0.5, 0.6) is 0 Å². The molecular weight excluding hydrogens is 320 g/mol. The Hall–Kier alpha value is -2.96. The van der Waals surface area contributed by atoms with Crippen molar-refractivity contribution in [2.24, 2.45) is 5.92 Å². The highest BCUT2D eigenvalue weighted by atomic mass is 16.2. The molecule has 130 valence electrons. The van der Waals surface area contributed by atoms with Gasteiger partial charge in [-0.15, -0.1) is 0 Å². The third kappa shape index (κ3) is 4.32. The first-order valence-electron chi connectivity index (χ1n) is 8.22. The number of benzene rings is 1. The van der Waals surface area contributed by atoms with Gasteiger partial charge in [0.2, 0.25) is 11.8 Å². The molecule has 1 aromatic heterocycles. The Labute approximate surface area is 145 Å². The molecule has 1 fully saturated rings. The van der Waals surface area contributed by atoms with Gasteiger partial charge in [0.15, 0.2) is 0 Å². The number of hydrogen-bond donors (Lipinski definition) is 2. The van der Waals surface area contributed by atoms with Crippen LogP contribution in [0.2, 0.25) is 0 Å². The molecule has 0 bridgehead atoms. The molecule has 0 saturated carbocycles. The molecule has 1 aliphatic rings. The van der Waals surface area contributed by atoms with Gasteiger partial charge in [-0.2, -0.15) is 4.98 Å². The molecule has 1 saturated heterocycles. The predicted octanol–water partition coefficient (Wildman–Crippen LogP) is 1.11. The number of carbonyl (C=O) groups excluding carboxylic acids is 2. The van der Waals surface area contributed by atoms with Crippen molar-refractivity contribution < 1.29 is 9.59 Å². The number of aromatic nitrogens is 2. The average molecular weight is 340 g/mol. The molecule has 2 aromatic rings. The van der Waals surface area contributed by atoms with Gasteiger partial charge in [0, 0.05) is 31.3 Å². The Morgan fingerprint density at radius 3 is 2.80 bits per heavy atom. The van der Waals surface area contributed by atoms with Crippen LogP contribution in [0.15, 0.2) is 41.2 Å². The van der Waals surface area contributed by atoms with Crippen LogP contribution in [-0.4, -0.2) is 39.8 Å². The first-order chi connectivity index (χ1) is 12.0. The van der Waals surface area contributed by atoms with Crippen LogP contribution in [0.3, 0.4) is 0 Å². The van der Waals surface area contributed by atoms with E-state index in [0.717, 1.165) is 12.0 Å². The third-order valence-electron chi connectivity index (χ3n) is 4.23. The number of nitrogens with one attached hydrogen (secondary N) is 2. The lowest BCUT2D eigenvalue weighted by Crippen LogP contribution is -2.30. The second-order valence-corrected chi connectivity index (χ2v) is 6.22. The SMILES string of the molecule is Cc1cc(NC(=O)[C@@H]2CC(=O)N(CCc3ccccc3)C2)nc(=O)[nH]1. The monoisotopic (exact) mass is 340 g/mol. The number of carbonyl (C=O) groups is 2. The molecule has 2 amide bonds. The van der Waals surface area contributed by atoms with Crippen molar-refractivity contribution in [1.82, 2.24) is 14.9 Å². The summed E-state index contributed by atoms with van der Waals surface area (Å²) in [6.45, 7) is 2.69. The predicted molar refractivity (Wildman–Crippen MR) is 93.1 cm³/mol. The number of rotatable bonds is 5. The quantitative estimate of drug-likeness (QED) is 0.852. The molecule has 0 spiro atoms. The number of likely N-dealkylation sites (tertiary alicyclic amines) is 1. The van der Waals surface area contributed by atoms with E-state index in [0.29, 0.717) is 18.8 Å². The number of hydrogen-bond acceptors (Lipinski definition) is 4. The molecule has 0 aliphatic carbocycles. The van der Waals surface area contributed by atoms with E-state index in [4.69, 9.17) is 0 Å². The van der Waals surface area contributed by atoms with E-state index in [2.05, 4.69) is 15.3 Å². The van der Waals surface area contributed by atoms with Gasteiger partial charge in [-0.05, 0) is 18.9 Å². The van der Waals surface area contributed by atoms with Gasteiger partial charge in [-0.1, -0.05) is 30.3 Å². The Balaban J connectivity index is 1.57. The van der Waals surface area contributed by atoms with E-state index in [1.54, 1.807) is 17.9 Å². The number of aromatic amines is 1. The molecule has 1 aliphatic heterocycles. The second-order valence-electron chi connectivity index (χ2n) is 6.22. The molecule has 0 radical (unpaired) electrons. The van der Waals surface area contributed by atoms with E-state index in [9.17, 15) is 14.4 Å². The zero-order chi connectivity index (χ0) is 17.8. The molecule has 3 rings (SSSR count). The molecule has 7 heteroatoms. The summed E-state index contributed by atoms with van der Waals surface area (Å²) in [5.41, 5.74) is 1.26. The van der Waals surface area contributed by atoms with Crippen molar-refractivity contribution >= 4 is 17.6 Å². The van der Waals surface area contributed by atoms with Gasteiger partial charge in [0.05, 0.1) is 5.92 Å². The van der Waals surface area contributed by atoms with Gasteiger partial charge in [-0.3, -0.25) is 9.59 Å². The van der Waals surface area contributed by atoms with Gasteiger partial charge < -0.3 is 15.2 Å². The summed E-state index contributed by atoms with van der Waals surface area (Å²) >= 11 is 0. The maximum atomic E-state index is 12.4. The fourth-order valence-corrected chi connectivity index (χ4v) is 2.94. The Morgan fingerprint density at radius 1 is 1.32 bits per heavy atom. The van der Waals surface area contributed by atoms with E-state index in [1.807, 2.05) is 30.3 Å². The van der Waals surface area contributed by atoms with Crippen molar-refractivity contribution in [3.63, 3.8) is 0 Å². The zero-order valence-electron chi connectivity index (χ0n) is 14.0. The smallest absolute Gasteiger partial charge is 0.342 e. The van der Waals surface area contributed by atoms with Crippen LogP contribution in [-0.2, 0) is 16.0 Å².